The van der Waals surface area contributed by atoms with Gasteiger partial charge in [0.05, 0.1) is 17.3 Å². The summed E-state index contributed by atoms with van der Waals surface area (Å²) in [6.07, 6.45) is 4.62. The van der Waals surface area contributed by atoms with Gasteiger partial charge in [0.1, 0.15) is 5.75 Å². The number of carboxylic acid groups (broad SMARTS) is 1. The van der Waals surface area contributed by atoms with Gasteiger partial charge in [-0.15, -0.1) is 0 Å². The summed E-state index contributed by atoms with van der Waals surface area (Å²) < 4.78 is 7.37. The molecule has 0 radical (unpaired) electrons. The van der Waals surface area contributed by atoms with E-state index in [1.54, 1.807) is 42.7 Å². The fraction of sp³-hybridized carbons (Fsp3) is 0.0588. The average molecular weight is 402 g/mol. The highest BCUT2D eigenvalue weighted by Crippen LogP contribution is 2.26. The second-order valence-corrected chi connectivity index (χ2v) is 5.93. The molecule has 0 fully saturated rings. The molecule has 2 aromatic heterocycles. The maximum Gasteiger partial charge on any atom is 0.341 e. The van der Waals surface area contributed by atoms with E-state index in [9.17, 15) is 9.59 Å². The first-order valence-corrected chi connectivity index (χ1v) is 7.99. The van der Waals surface area contributed by atoms with Crippen LogP contribution in [0.3, 0.4) is 0 Å². The number of carbonyl (C=O) groups excluding carboxylic acids is 1. The number of benzene rings is 1. The zero-order chi connectivity index (χ0) is 17.8. The quantitative estimate of drug-likeness (QED) is 0.638. The van der Waals surface area contributed by atoms with Gasteiger partial charge >= 0.3 is 5.97 Å². The summed E-state index contributed by atoms with van der Waals surface area (Å²) in [6, 6.07) is 10.2. The van der Waals surface area contributed by atoms with Crippen molar-refractivity contribution in [2.24, 2.45) is 0 Å². The molecule has 1 aromatic carbocycles. The van der Waals surface area contributed by atoms with Crippen LogP contribution >= 0.6 is 15.9 Å². The molecule has 0 aliphatic carbocycles. The monoisotopic (exact) mass is 401 g/mol. The van der Waals surface area contributed by atoms with Crippen LogP contribution < -0.4 is 4.74 Å². The Hall–Kier alpha value is -3.00. The molecule has 3 rings (SSSR count). The summed E-state index contributed by atoms with van der Waals surface area (Å²) in [5, 5.41) is 12.9. The Bertz CT molecular complexity index is 925. The van der Waals surface area contributed by atoms with Crippen LogP contribution in [0.1, 0.15) is 15.9 Å². The number of aliphatic carboxylic acids is 1. The Morgan fingerprint density at radius 2 is 2.08 bits per heavy atom. The number of hydrogen-bond acceptors (Lipinski definition) is 5. The van der Waals surface area contributed by atoms with Gasteiger partial charge in [0, 0.05) is 16.9 Å². The van der Waals surface area contributed by atoms with Gasteiger partial charge in [0.15, 0.2) is 18.2 Å². The number of nitrogens with zero attached hydrogens (tertiary/aromatic N) is 3. The van der Waals surface area contributed by atoms with E-state index in [-0.39, 0.29) is 17.1 Å². The standard InChI is InChI=1S/C17H12BrN3O4/c18-12-4-5-14(25-10-16(22)23)13(7-12)17(24)11-8-20-21(9-11)15-3-1-2-6-19-15/h1-9H,10H2,(H,22,23). The van der Waals surface area contributed by atoms with Crippen molar-refractivity contribution < 1.29 is 19.4 Å². The van der Waals surface area contributed by atoms with Crippen LogP contribution in [0.4, 0.5) is 0 Å². The molecule has 0 saturated carbocycles. The van der Waals surface area contributed by atoms with Crippen molar-refractivity contribution in [2.75, 3.05) is 6.61 Å². The molecule has 0 amide bonds. The summed E-state index contributed by atoms with van der Waals surface area (Å²) >= 11 is 3.30. The first-order valence-electron chi connectivity index (χ1n) is 7.19. The van der Waals surface area contributed by atoms with Gasteiger partial charge in [-0.1, -0.05) is 22.0 Å². The predicted octanol–water partition coefficient (Wildman–Crippen LogP) is 2.72. The van der Waals surface area contributed by atoms with Gasteiger partial charge in [0.2, 0.25) is 0 Å². The summed E-state index contributed by atoms with van der Waals surface area (Å²) in [5.41, 5.74) is 0.583. The third-order valence-electron chi connectivity index (χ3n) is 3.27. The third-order valence-corrected chi connectivity index (χ3v) is 3.76. The number of ether oxygens (including phenoxy) is 1. The normalized spacial score (nSPS) is 10.4. The van der Waals surface area contributed by atoms with E-state index in [2.05, 4.69) is 26.0 Å². The molecule has 0 saturated heterocycles. The molecule has 0 bridgehead atoms. The Morgan fingerprint density at radius 1 is 1.24 bits per heavy atom. The largest absolute Gasteiger partial charge is 0.481 e. The molecule has 0 aliphatic rings. The molecule has 2 heterocycles. The van der Waals surface area contributed by atoms with Gasteiger partial charge in [-0.05, 0) is 30.3 Å². The summed E-state index contributed by atoms with van der Waals surface area (Å²) in [7, 11) is 0. The van der Waals surface area contributed by atoms with Crippen molar-refractivity contribution in [3.8, 4) is 11.6 Å². The van der Waals surface area contributed by atoms with Crippen molar-refractivity contribution in [1.82, 2.24) is 14.8 Å². The number of carbonyl (C=O) groups is 2. The fourth-order valence-corrected chi connectivity index (χ4v) is 2.52. The Morgan fingerprint density at radius 3 is 2.80 bits per heavy atom. The minimum Gasteiger partial charge on any atom is -0.481 e. The predicted molar refractivity (Wildman–Crippen MR) is 92.1 cm³/mol. The molecule has 3 aromatic rings. The van der Waals surface area contributed by atoms with Crippen LogP contribution in [0.5, 0.6) is 5.75 Å². The molecule has 7 nitrogen and oxygen atoms in total. The molecule has 8 heteroatoms. The van der Waals surface area contributed by atoms with Crippen molar-refractivity contribution in [1.29, 1.82) is 0 Å². The molecular formula is C17H12BrN3O4. The Labute approximate surface area is 151 Å². The molecule has 1 N–H and O–H groups in total. The molecule has 0 aliphatic heterocycles. The second-order valence-electron chi connectivity index (χ2n) is 5.01. The maximum absolute atomic E-state index is 12.8. The highest BCUT2D eigenvalue weighted by molar-refractivity contribution is 9.10. The lowest BCUT2D eigenvalue weighted by Crippen LogP contribution is -2.12. The molecular weight excluding hydrogens is 390 g/mol. The van der Waals surface area contributed by atoms with E-state index in [0.29, 0.717) is 15.9 Å². The number of aromatic nitrogens is 3. The smallest absolute Gasteiger partial charge is 0.341 e. The van der Waals surface area contributed by atoms with Gasteiger partial charge in [-0.25, -0.2) is 14.5 Å². The lowest BCUT2D eigenvalue weighted by molar-refractivity contribution is -0.139. The van der Waals surface area contributed by atoms with Gasteiger partial charge in [-0.3, -0.25) is 4.79 Å². The van der Waals surface area contributed by atoms with Gasteiger partial charge < -0.3 is 9.84 Å². The lowest BCUT2D eigenvalue weighted by Gasteiger charge is -2.09. The van der Waals surface area contributed by atoms with E-state index in [1.165, 1.54) is 10.9 Å². The first-order chi connectivity index (χ1) is 12.0. The lowest BCUT2D eigenvalue weighted by atomic mass is 10.1. The first kappa shape index (κ1) is 16.8. The molecule has 126 valence electrons. The van der Waals surface area contributed by atoms with Crippen LogP contribution in [0.2, 0.25) is 0 Å². The number of carboxylic acids is 1. The Balaban J connectivity index is 1.92. The fourth-order valence-electron chi connectivity index (χ4n) is 2.16. The second kappa shape index (κ2) is 7.27. The molecule has 0 atom stereocenters. The number of halogens is 1. The van der Waals surface area contributed by atoms with Crippen LogP contribution in [0.15, 0.2) is 59.5 Å². The van der Waals surface area contributed by atoms with E-state index >= 15 is 0 Å². The van der Waals surface area contributed by atoms with Crippen molar-refractivity contribution in [3.63, 3.8) is 0 Å². The van der Waals surface area contributed by atoms with E-state index in [4.69, 9.17) is 9.84 Å². The van der Waals surface area contributed by atoms with Gasteiger partial charge in [-0.2, -0.15) is 5.10 Å². The topological polar surface area (TPSA) is 94.3 Å². The Kier molecular flexibility index (Phi) is 4.90. The summed E-state index contributed by atoms with van der Waals surface area (Å²) in [5.74, 6) is -0.674. The van der Waals surface area contributed by atoms with Crippen LogP contribution in [0.25, 0.3) is 5.82 Å². The van der Waals surface area contributed by atoms with Crippen LogP contribution in [-0.4, -0.2) is 38.2 Å². The number of pyridine rings is 1. The van der Waals surface area contributed by atoms with E-state index < -0.39 is 12.6 Å². The van der Waals surface area contributed by atoms with Crippen molar-refractivity contribution in [3.05, 3.63) is 70.6 Å². The number of ketones is 1. The molecule has 25 heavy (non-hydrogen) atoms. The van der Waals surface area contributed by atoms with E-state index in [0.717, 1.165) is 0 Å². The SMILES string of the molecule is O=C(O)COc1ccc(Br)cc1C(=O)c1cnn(-c2ccccn2)c1. The highest BCUT2D eigenvalue weighted by Gasteiger charge is 2.18. The van der Waals surface area contributed by atoms with Crippen LogP contribution in [0, 0.1) is 0 Å². The summed E-state index contributed by atoms with van der Waals surface area (Å²) in [6.45, 7) is -0.533. The van der Waals surface area contributed by atoms with Crippen molar-refractivity contribution in [2.45, 2.75) is 0 Å². The van der Waals surface area contributed by atoms with Crippen LogP contribution in [-0.2, 0) is 4.79 Å². The average Bonchev–Trinajstić information content (AvgIpc) is 3.11. The minimum absolute atomic E-state index is 0.196. The van der Waals surface area contributed by atoms with E-state index in [1.807, 2.05) is 6.07 Å². The zero-order valence-electron chi connectivity index (χ0n) is 12.8. The highest BCUT2D eigenvalue weighted by atomic mass is 79.9. The number of rotatable bonds is 6. The van der Waals surface area contributed by atoms with Crippen molar-refractivity contribution >= 4 is 27.7 Å². The molecule has 0 spiro atoms. The minimum atomic E-state index is -1.12. The molecule has 0 unspecified atom stereocenters. The maximum atomic E-state index is 12.8. The summed E-state index contributed by atoms with van der Waals surface area (Å²) in [4.78, 5) is 27.7. The third kappa shape index (κ3) is 3.92. The zero-order valence-corrected chi connectivity index (χ0v) is 14.4. The number of hydrogen-bond donors (Lipinski definition) is 1. The van der Waals surface area contributed by atoms with Gasteiger partial charge in [0.25, 0.3) is 0 Å².